The van der Waals surface area contributed by atoms with Crippen molar-refractivity contribution in [1.29, 1.82) is 0 Å². The summed E-state index contributed by atoms with van der Waals surface area (Å²) in [4.78, 5) is 3.78. The van der Waals surface area contributed by atoms with Crippen molar-refractivity contribution >= 4 is 0 Å². The normalized spacial score (nSPS) is 7.49. The molecule has 3 rings (SSSR count). The molecule has 0 radical (unpaired) electrons. The van der Waals surface area contributed by atoms with Crippen molar-refractivity contribution in [3.05, 3.63) is 85.5 Å². The van der Waals surface area contributed by atoms with Crippen molar-refractivity contribution in [2.75, 3.05) is 0 Å². The van der Waals surface area contributed by atoms with Crippen LogP contribution in [0.25, 0.3) is 0 Å². The molecule has 0 atom stereocenters. The maximum atomic E-state index is 4.33. The second-order valence-corrected chi connectivity index (χ2v) is 8.06. The molecule has 0 unspecified atom stereocenters. The summed E-state index contributed by atoms with van der Waals surface area (Å²) in [6, 6.07) is 19.4. The number of hydrogen-bond donors (Lipinski definition) is 0. The average molecular weight is 491 g/mol. The summed E-state index contributed by atoms with van der Waals surface area (Å²) in [7, 11) is 0. The van der Waals surface area contributed by atoms with Crippen LogP contribution in [0.1, 0.15) is 104 Å². The smallest absolute Gasteiger partial charge is 0.123 e. The van der Waals surface area contributed by atoms with Gasteiger partial charge in [-0.2, -0.15) is 0 Å². The molecular weight excluding hydrogens is 428 g/mol. The van der Waals surface area contributed by atoms with E-state index in [2.05, 4.69) is 77.0 Å². The predicted octanol–water partition coefficient (Wildman–Crippen LogP) is 11.5. The molecular formula is C32H62N2O. The lowest BCUT2D eigenvalue weighted by molar-refractivity contribution is 0.420. The van der Waals surface area contributed by atoms with Crippen LogP contribution in [0.2, 0.25) is 0 Å². The number of nitrogens with zero attached hydrogens (tertiary/aromatic N) is 2. The molecule has 2 aromatic heterocycles. The highest BCUT2D eigenvalue weighted by atomic mass is 16.5. The molecule has 0 fully saturated rings. The number of hydrogen-bond acceptors (Lipinski definition) is 3. The van der Waals surface area contributed by atoms with Crippen molar-refractivity contribution in [2.45, 2.75) is 104 Å². The molecule has 0 aliphatic rings. The summed E-state index contributed by atoms with van der Waals surface area (Å²) in [5.41, 5.74) is 0. The standard InChI is InChI=1S/C6H6.C5H5N.3C4H10.C3H3NO.3C2H6/c2*1-2-4-6-5-3-1;3*1-4(2)3;1-2-4-5-3-1;3*1-2/h1-6H;1-5H;3*4H,1-3H3;1-3H;3*1-2H3. The average Bonchev–Trinajstić information content (AvgIpc) is 3.45. The lowest BCUT2D eigenvalue weighted by Gasteiger charge is -1.79. The number of rotatable bonds is 0. The van der Waals surface area contributed by atoms with Gasteiger partial charge in [-0.25, -0.2) is 0 Å². The molecule has 3 aromatic rings. The molecule has 0 saturated carbocycles. The minimum absolute atomic E-state index is 0.833. The van der Waals surface area contributed by atoms with Crippen LogP contribution in [0.4, 0.5) is 0 Å². The minimum Gasteiger partial charge on any atom is -0.365 e. The minimum atomic E-state index is 0.833. The van der Waals surface area contributed by atoms with Gasteiger partial charge < -0.3 is 4.52 Å². The first kappa shape index (κ1) is 46.0. The third-order valence-electron chi connectivity index (χ3n) is 1.58. The SMILES string of the molecule is CC.CC.CC.CC(C)C.CC(C)C.CC(C)C.c1ccccc1.c1ccncc1.c1cnoc1. The summed E-state index contributed by atoms with van der Waals surface area (Å²) >= 11 is 0. The molecule has 35 heavy (non-hydrogen) atoms. The van der Waals surface area contributed by atoms with E-state index in [1.807, 2.05) is 96.1 Å². The highest BCUT2D eigenvalue weighted by molar-refractivity contribution is 4.99. The number of pyridine rings is 1. The van der Waals surface area contributed by atoms with E-state index in [0.29, 0.717) is 0 Å². The molecule has 3 nitrogen and oxygen atoms in total. The van der Waals surface area contributed by atoms with Crippen LogP contribution in [0, 0.1) is 17.8 Å². The Balaban J connectivity index is -0.0000000697. The maximum absolute atomic E-state index is 4.33. The van der Waals surface area contributed by atoms with E-state index >= 15 is 0 Å². The molecule has 0 amide bonds. The fourth-order valence-electron chi connectivity index (χ4n) is 0.873. The molecule has 0 aliphatic carbocycles. The van der Waals surface area contributed by atoms with E-state index in [4.69, 9.17) is 0 Å². The van der Waals surface area contributed by atoms with Gasteiger partial charge in [0.25, 0.3) is 0 Å². The van der Waals surface area contributed by atoms with Gasteiger partial charge in [0.2, 0.25) is 0 Å². The lowest BCUT2D eigenvalue weighted by Crippen LogP contribution is -1.66. The molecule has 206 valence electrons. The monoisotopic (exact) mass is 490 g/mol. The van der Waals surface area contributed by atoms with Gasteiger partial charge in [0.1, 0.15) is 6.26 Å². The highest BCUT2D eigenvalue weighted by Gasteiger charge is 1.69. The Morgan fingerprint density at radius 2 is 0.657 bits per heavy atom. The van der Waals surface area contributed by atoms with E-state index in [0.717, 1.165) is 17.8 Å². The maximum Gasteiger partial charge on any atom is 0.123 e. The van der Waals surface area contributed by atoms with Crippen LogP contribution in [0.3, 0.4) is 0 Å². The zero-order chi connectivity index (χ0) is 28.8. The van der Waals surface area contributed by atoms with Crippen LogP contribution in [0.15, 0.2) is 90.0 Å². The quantitative estimate of drug-likeness (QED) is 0.314. The lowest BCUT2D eigenvalue weighted by atomic mass is 10.3. The fraction of sp³-hybridized carbons (Fsp3) is 0.562. The van der Waals surface area contributed by atoms with Crippen molar-refractivity contribution < 1.29 is 4.52 Å². The first-order chi connectivity index (χ1) is 16.7. The van der Waals surface area contributed by atoms with Crippen molar-refractivity contribution in [3.63, 3.8) is 0 Å². The Morgan fingerprint density at radius 3 is 0.743 bits per heavy atom. The van der Waals surface area contributed by atoms with E-state index < -0.39 is 0 Å². The summed E-state index contributed by atoms with van der Waals surface area (Å²) in [6.45, 7) is 31.5. The third-order valence-corrected chi connectivity index (χ3v) is 1.58. The third kappa shape index (κ3) is 130. The first-order valence-corrected chi connectivity index (χ1v) is 13.4. The van der Waals surface area contributed by atoms with E-state index in [1.54, 1.807) is 24.7 Å². The Labute approximate surface area is 221 Å². The van der Waals surface area contributed by atoms with Crippen LogP contribution < -0.4 is 0 Å². The van der Waals surface area contributed by atoms with Crippen molar-refractivity contribution in [3.8, 4) is 0 Å². The van der Waals surface area contributed by atoms with Gasteiger partial charge in [0.15, 0.2) is 0 Å². The van der Waals surface area contributed by atoms with Gasteiger partial charge >= 0.3 is 0 Å². The molecule has 0 N–H and O–H groups in total. The van der Waals surface area contributed by atoms with Gasteiger partial charge in [-0.1, -0.05) is 151 Å². The number of aromatic nitrogens is 2. The summed E-state index contributed by atoms with van der Waals surface area (Å²) < 4.78 is 4.33. The van der Waals surface area contributed by atoms with Crippen molar-refractivity contribution in [2.24, 2.45) is 17.8 Å². The molecule has 1 aromatic carbocycles. The largest absolute Gasteiger partial charge is 0.365 e. The summed E-state index contributed by atoms with van der Waals surface area (Å²) in [5.74, 6) is 2.50. The van der Waals surface area contributed by atoms with Crippen LogP contribution in [0.5, 0.6) is 0 Å². The Morgan fingerprint density at radius 1 is 0.400 bits per heavy atom. The summed E-state index contributed by atoms with van der Waals surface area (Å²) in [5, 5.41) is 3.35. The van der Waals surface area contributed by atoms with Gasteiger partial charge in [-0.15, -0.1) is 0 Å². The van der Waals surface area contributed by atoms with Crippen LogP contribution in [-0.4, -0.2) is 10.1 Å². The second-order valence-electron chi connectivity index (χ2n) is 8.06. The van der Waals surface area contributed by atoms with Gasteiger partial charge in [0.05, 0.1) is 6.20 Å². The summed E-state index contributed by atoms with van der Waals surface area (Å²) in [6.07, 6.45) is 6.60. The molecule has 0 aliphatic heterocycles. The molecule has 0 bridgehead atoms. The topological polar surface area (TPSA) is 38.9 Å². The van der Waals surface area contributed by atoms with Crippen LogP contribution in [-0.2, 0) is 0 Å². The second kappa shape index (κ2) is 53.1. The van der Waals surface area contributed by atoms with E-state index in [-0.39, 0.29) is 0 Å². The van der Waals surface area contributed by atoms with Gasteiger partial charge in [-0.05, 0) is 36.0 Å². The highest BCUT2D eigenvalue weighted by Crippen LogP contribution is 1.82. The van der Waals surface area contributed by atoms with E-state index in [1.165, 1.54) is 6.26 Å². The Kier molecular flexibility index (Phi) is 69.8. The fourth-order valence-corrected chi connectivity index (χ4v) is 0.873. The predicted molar refractivity (Wildman–Crippen MR) is 163 cm³/mol. The number of benzene rings is 1. The Bertz CT molecular complexity index is 426. The first-order valence-electron chi connectivity index (χ1n) is 13.4. The zero-order valence-corrected chi connectivity index (χ0v) is 26.1. The van der Waals surface area contributed by atoms with E-state index in [9.17, 15) is 0 Å². The Hall–Kier alpha value is -2.42. The molecule has 0 saturated heterocycles. The molecule has 2 heterocycles. The van der Waals surface area contributed by atoms with Gasteiger partial charge in [0, 0.05) is 12.4 Å². The molecule has 3 heteroatoms. The zero-order valence-electron chi connectivity index (χ0n) is 26.1. The van der Waals surface area contributed by atoms with Gasteiger partial charge in [-0.3, -0.25) is 4.98 Å². The van der Waals surface area contributed by atoms with Crippen molar-refractivity contribution in [1.82, 2.24) is 10.1 Å². The molecule has 0 spiro atoms. The van der Waals surface area contributed by atoms with Crippen LogP contribution >= 0.6 is 0 Å².